The van der Waals surface area contributed by atoms with E-state index in [4.69, 9.17) is 0 Å². The Kier molecular flexibility index (Phi) is 3.65. The van der Waals surface area contributed by atoms with Crippen molar-refractivity contribution >= 4 is 33.4 Å². The molecule has 1 unspecified atom stereocenters. The van der Waals surface area contributed by atoms with E-state index in [0.29, 0.717) is 11.8 Å². The standard InChI is InChI=1S/C25H21I/c1-25(2)23-6-4-3-5-21(23)22-12-10-19(15-24(22)25)16-7-8-18-14-20(26)11-9-17(18)13-16/h3-15,21,23H,1-2H3/t21?,23-/m0/s1. The highest BCUT2D eigenvalue weighted by Gasteiger charge is 2.44. The third-order valence-electron chi connectivity index (χ3n) is 6.21. The van der Waals surface area contributed by atoms with Crippen molar-refractivity contribution in [2.75, 3.05) is 0 Å². The molecule has 0 spiro atoms. The van der Waals surface area contributed by atoms with Crippen LogP contribution in [0.25, 0.3) is 21.9 Å². The summed E-state index contributed by atoms with van der Waals surface area (Å²) in [5.41, 5.74) is 5.80. The highest BCUT2D eigenvalue weighted by Crippen LogP contribution is 2.53. The Morgan fingerprint density at radius 1 is 0.769 bits per heavy atom. The number of fused-ring (bicyclic) bond motifs is 4. The van der Waals surface area contributed by atoms with Gasteiger partial charge in [-0.2, -0.15) is 0 Å². The van der Waals surface area contributed by atoms with E-state index in [2.05, 4.69) is 115 Å². The first-order chi connectivity index (χ1) is 12.5. The molecule has 0 fully saturated rings. The summed E-state index contributed by atoms with van der Waals surface area (Å²) in [5.74, 6) is 1.09. The van der Waals surface area contributed by atoms with Gasteiger partial charge in [0.2, 0.25) is 0 Å². The Bertz CT molecular complexity index is 1080. The SMILES string of the molecule is CC1(C)c2cc(-c3ccc4cc(I)ccc4c3)ccc2C2C=CC=C[C@@H]21. The number of hydrogen-bond acceptors (Lipinski definition) is 0. The lowest BCUT2D eigenvalue weighted by Gasteiger charge is -2.29. The minimum Gasteiger partial charge on any atom is -0.0796 e. The second kappa shape index (κ2) is 5.82. The summed E-state index contributed by atoms with van der Waals surface area (Å²) >= 11 is 2.38. The Hall–Kier alpha value is -1.87. The molecule has 128 valence electrons. The van der Waals surface area contributed by atoms with Gasteiger partial charge in [-0.15, -0.1) is 0 Å². The van der Waals surface area contributed by atoms with Crippen LogP contribution in [-0.2, 0) is 5.41 Å². The van der Waals surface area contributed by atoms with Gasteiger partial charge in [0, 0.05) is 9.49 Å². The fourth-order valence-electron chi connectivity index (χ4n) is 4.75. The second-order valence-electron chi connectivity index (χ2n) is 8.05. The van der Waals surface area contributed by atoms with Crippen LogP contribution < -0.4 is 0 Å². The fourth-order valence-corrected chi connectivity index (χ4v) is 5.27. The zero-order valence-corrected chi connectivity index (χ0v) is 17.2. The summed E-state index contributed by atoms with van der Waals surface area (Å²) in [6, 6.07) is 20.6. The lowest BCUT2D eigenvalue weighted by molar-refractivity contribution is 0.394. The van der Waals surface area contributed by atoms with E-state index in [-0.39, 0.29) is 5.41 Å². The van der Waals surface area contributed by atoms with Crippen molar-refractivity contribution in [3.05, 3.63) is 93.6 Å². The molecule has 2 atom stereocenters. The summed E-state index contributed by atoms with van der Waals surface area (Å²) in [7, 11) is 0. The molecule has 0 aliphatic heterocycles. The molecule has 2 aliphatic carbocycles. The number of halogens is 1. The molecule has 0 N–H and O–H groups in total. The van der Waals surface area contributed by atoms with Crippen LogP contribution in [-0.4, -0.2) is 0 Å². The molecule has 0 bridgehead atoms. The van der Waals surface area contributed by atoms with E-state index < -0.39 is 0 Å². The molecule has 5 rings (SSSR count). The Labute approximate surface area is 168 Å². The molecular weight excluding hydrogens is 427 g/mol. The number of allylic oxidation sites excluding steroid dienone is 4. The maximum Gasteiger partial charge on any atom is 0.0136 e. The van der Waals surface area contributed by atoms with Crippen molar-refractivity contribution in [2.24, 2.45) is 5.92 Å². The second-order valence-corrected chi connectivity index (χ2v) is 9.30. The first-order valence-corrected chi connectivity index (χ1v) is 10.3. The molecule has 0 aromatic heterocycles. The van der Waals surface area contributed by atoms with E-state index in [0.717, 1.165) is 0 Å². The van der Waals surface area contributed by atoms with Crippen LogP contribution in [0.5, 0.6) is 0 Å². The van der Waals surface area contributed by atoms with Gasteiger partial charge in [0.1, 0.15) is 0 Å². The molecule has 0 nitrogen and oxygen atoms in total. The van der Waals surface area contributed by atoms with Gasteiger partial charge in [-0.05, 0) is 85.1 Å². The average molecular weight is 448 g/mol. The quantitative estimate of drug-likeness (QED) is 0.345. The van der Waals surface area contributed by atoms with Crippen LogP contribution in [0.4, 0.5) is 0 Å². The van der Waals surface area contributed by atoms with Crippen molar-refractivity contribution in [3.8, 4) is 11.1 Å². The van der Waals surface area contributed by atoms with Crippen LogP contribution in [0.15, 0.2) is 78.9 Å². The maximum absolute atomic E-state index is 2.43. The summed E-state index contributed by atoms with van der Waals surface area (Å²) in [5, 5.41) is 2.62. The Morgan fingerprint density at radius 3 is 2.35 bits per heavy atom. The van der Waals surface area contributed by atoms with E-state index in [9.17, 15) is 0 Å². The molecular formula is C25H21I. The number of benzene rings is 3. The predicted octanol–water partition coefficient (Wildman–Crippen LogP) is 7.23. The summed E-state index contributed by atoms with van der Waals surface area (Å²) in [6.45, 7) is 4.79. The zero-order chi connectivity index (χ0) is 17.9. The van der Waals surface area contributed by atoms with E-state index in [1.807, 2.05) is 0 Å². The van der Waals surface area contributed by atoms with E-state index >= 15 is 0 Å². The van der Waals surface area contributed by atoms with Gasteiger partial charge in [0.05, 0.1) is 0 Å². The molecule has 0 amide bonds. The number of rotatable bonds is 1. The normalized spacial score (nSPS) is 22.4. The van der Waals surface area contributed by atoms with Gasteiger partial charge in [-0.1, -0.05) is 74.5 Å². The topological polar surface area (TPSA) is 0 Å². The van der Waals surface area contributed by atoms with Crippen molar-refractivity contribution < 1.29 is 0 Å². The molecule has 0 saturated carbocycles. The third-order valence-corrected chi connectivity index (χ3v) is 6.88. The van der Waals surface area contributed by atoms with E-state index in [1.165, 1.54) is 36.6 Å². The van der Waals surface area contributed by atoms with Gasteiger partial charge < -0.3 is 0 Å². The molecule has 0 saturated heterocycles. The highest BCUT2D eigenvalue weighted by molar-refractivity contribution is 14.1. The molecule has 3 aromatic carbocycles. The number of hydrogen-bond donors (Lipinski definition) is 0. The van der Waals surface area contributed by atoms with E-state index in [1.54, 1.807) is 0 Å². The summed E-state index contributed by atoms with van der Waals surface area (Å²) in [4.78, 5) is 0. The molecule has 0 heterocycles. The smallest absolute Gasteiger partial charge is 0.0136 e. The Balaban J connectivity index is 1.64. The van der Waals surface area contributed by atoms with Crippen molar-refractivity contribution in [2.45, 2.75) is 25.2 Å². The molecule has 0 radical (unpaired) electrons. The lowest BCUT2D eigenvalue weighted by Crippen LogP contribution is -2.24. The zero-order valence-electron chi connectivity index (χ0n) is 15.0. The molecule has 2 aliphatic rings. The minimum absolute atomic E-state index is 0.171. The van der Waals surface area contributed by atoms with Crippen LogP contribution in [0, 0.1) is 9.49 Å². The van der Waals surface area contributed by atoms with Crippen LogP contribution in [0.1, 0.15) is 30.9 Å². The molecule has 1 heteroatoms. The van der Waals surface area contributed by atoms with Gasteiger partial charge in [0.25, 0.3) is 0 Å². The summed E-state index contributed by atoms with van der Waals surface area (Å²) < 4.78 is 1.28. The van der Waals surface area contributed by atoms with Gasteiger partial charge in [-0.25, -0.2) is 0 Å². The van der Waals surface area contributed by atoms with Crippen molar-refractivity contribution in [1.82, 2.24) is 0 Å². The maximum atomic E-state index is 2.43. The predicted molar refractivity (Wildman–Crippen MR) is 120 cm³/mol. The van der Waals surface area contributed by atoms with Crippen LogP contribution in [0.3, 0.4) is 0 Å². The van der Waals surface area contributed by atoms with Crippen LogP contribution in [0.2, 0.25) is 0 Å². The van der Waals surface area contributed by atoms with Gasteiger partial charge in [0.15, 0.2) is 0 Å². The van der Waals surface area contributed by atoms with Crippen LogP contribution >= 0.6 is 22.6 Å². The molecule has 26 heavy (non-hydrogen) atoms. The highest BCUT2D eigenvalue weighted by atomic mass is 127. The average Bonchev–Trinajstić information content (AvgIpc) is 2.89. The largest absolute Gasteiger partial charge is 0.0796 e. The fraction of sp³-hybridized carbons (Fsp3) is 0.200. The first-order valence-electron chi connectivity index (χ1n) is 9.23. The molecule has 3 aromatic rings. The minimum atomic E-state index is 0.171. The van der Waals surface area contributed by atoms with Crippen molar-refractivity contribution in [1.29, 1.82) is 0 Å². The van der Waals surface area contributed by atoms with Crippen molar-refractivity contribution in [3.63, 3.8) is 0 Å². The third kappa shape index (κ3) is 2.40. The van der Waals surface area contributed by atoms with Gasteiger partial charge in [-0.3, -0.25) is 0 Å². The van der Waals surface area contributed by atoms with Gasteiger partial charge >= 0.3 is 0 Å². The lowest BCUT2D eigenvalue weighted by atomic mass is 9.74. The summed E-state index contributed by atoms with van der Waals surface area (Å²) in [6.07, 6.45) is 9.17. The Morgan fingerprint density at radius 2 is 1.46 bits per heavy atom. The monoisotopic (exact) mass is 448 g/mol. The first kappa shape index (κ1) is 16.3.